The highest BCUT2D eigenvalue weighted by Crippen LogP contribution is 2.03. The number of aliphatic hydroxyl groups excluding tert-OH is 2. The quantitative estimate of drug-likeness (QED) is 0.126. The maximum absolute atomic E-state index is 11.5. The Labute approximate surface area is 106 Å². The van der Waals surface area contributed by atoms with E-state index < -0.39 is 30.8 Å². The first-order chi connectivity index (χ1) is 8.38. The van der Waals surface area contributed by atoms with Crippen LogP contribution in [0.25, 0.3) is 0 Å². The zero-order valence-corrected chi connectivity index (χ0v) is 10.4. The average Bonchev–Trinajstić information content (AvgIpc) is 2.30. The normalized spacial score (nSPS) is 15.6. The fourth-order valence-electron chi connectivity index (χ4n) is 1.19. The number of guanidine groups is 1. The summed E-state index contributed by atoms with van der Waals surface area (Å²) in [7, 11) is 0. The monoisotopic (exact) mass is 262 g/mol. The molecule has 0 rings (SSSR count). The molecule has 0 bridgehead atoms. The molecule has 0 fully saturated rings. The Morgan fingerprint density at radius 1 is 1.56 bits per heavy atom. The standard InChI is InChI=1S/C10H22N4O4/c1-6(16)8(5-15)18-9(17)7(11)3-2-4-14-10(12)13/h6-8,15-16H,2-5,11H2,1H3,(H4,12,13,14). The van der Waals surface area contributed by atoms with Gasteiger partial charge in [0.25, 0.3) is 0 Å². The van der Waals surface area contributed by atoms with Crippen LogP contribution < -0.4 is 16.8 Å². The Morgan fingerprint density at radius 3 is 2.61 bits per heavy atom. The fourth-order valence-corrected chi connectivity index (χ4v) is 1.19. The van der Waals surface area contributed by atoms with E-state index in [1.165, 1.54) is 6.92 Å². The molecule has 8 N–H and O–H groups in total. The largest absolute Gasteiger partial charge is 0.456 e. The number of ether oxygens (including phenoxy) is 1. The van der Waals surface area contributed by atoms with Crippen molar-refractivity contribution < 1.29 is 19.7 Å². The van der Waals surface area contributed by atoms with Gasteiger partial charge in [-0.1, -0.05) is 0 Å². The van der Waals surface area contributed by atoms with Gasteiger partial charge in [0.2, 0.25) is 0 Å². The minimum absolute atomic E-state index is 0.138. The van der Waals surface area contributed by atoms with E-state index in [2.05, 4.69) is 5.32 Å². The minimum Gasteiger partial charge on any atom is -0.456 e. The molecule has 0 aromatic carbocycles. The van der Waals surface area contributed by atoms with Gasteiger partial charge in [-0.25, -0.2) is 0 Å². The van der Waals surface area contributed by atoms with E-state index in [0.29, 0.717) is 19.4 Å². The molecular formula is C10H22N4O4. The number of aliphatic hydroxyl groups is 2. The smallest absolute Gasteiger partial charge is 0.323 e. The van der Waals surface area contributed by atoms with E-state index in [9.17, 15) is 9.90 Å². The lowest BCUT2D eigenvalue weighted by Gasteiger charge is -2.20. The van der Waals surface area contributed by atoms with Crippen LogP contribution in [0.4, 0.5) is 0 Å². The van der Waals surface area contributed by atoms with E-state index in [-0.39, 0.29) is 5.96 Å². The summed E-state index contributed by atoms with van der Waals surface area (Å²) >= 11 is 0. The number of hydrogen-bond acceptors (Lipinski definition) is 6. The van der Waals surface area contributed by atoms with Gasteiger partial charge >= 0.3 is 5.97 Å². The molecule has 0 amide bonds. The molecule has 0 aromatic heterocycles. The maximum Gasteiger partial charge on any atom is 0.323 e. The molecule has 3 atom stereocenters. The predicted octanol–water partition coefficient (Wildman–Crippen LogP) is -2.14. The maximum atomic E-state index is 11.5. The summed E-state index contributed by atoms with van der Waals surface area (Å²) < 4.78 is 4.85. The van der Waals surface area contributed by atoms with Crippen LogP contribution in [0.3, 0.4) is 0 Å². The van der Waals surface area contributed by atoms with Crippen molar-refractivity contribution in [3.05, 3.63) is 0 Å². The molecule has 0 radical (unpaired) electrons. The predicted molar refractivity (Wildman–Crippen MR) is 65.8 cm³/mol. The van der Waals surface area contributed by atoms with E-state index >= 15 is 0 Å². The zero-order valence-electron chi connectivity index (χ0n) is 10.4. The van der Waals surface area contributed by atoms with E-state index in [0.717, 1.165) is 0 Å². The molecule has 0 aliphatic heterocycles. The second-order valence-electron chi connectivity index (χ2n) is 3.99. The third-order valence-corrected chi connectivity index (χ3v) is 2.30. The second-order valence-corrected chi connectivity index (χ2v) is 3.99. The summed E-state index contributed by atoms with van der Waals surface area (Å²) in [5.74, 6) is -0.807. The van der Waals surface area contributed by atoms with Gasteiger partial charge in [-0.05, 0) is 19.8 Å². The van der Waals surface area contributed by atoms with Gasteiger partial charge in [0.1, 0.15) is 6.04 Å². The first-order valence-corrected chi connectivity index (χ1v) is 5.71. The van der Waals surface area contributed by atoms with Crippen molar-refractivity contribution in [3.8, 4) is 0 Å². The third kappa shape index (κ3) is 7.05. The van der Waals surface area contributed by atoms with Gasteiger partial charge in [0.05, 0.1) is 12.7 Å². The number of rotatable bonds is 8. The van der Waals surface area contributed by atoms with Crippen LogP contribution in [-0.4, -0.2) is 53.5 Å². The van der Waals surface area contributed by atoms with Crippen LogP contribution in [0, 0.1) is 5.41 Å². The van der Waals surface area contributed by atoms with Crippen LogP contribution in [0.15, 0.2) is 0 Å². The molecule has 0 aliphatic rings. The highest BCUT2D eigenvalue weighted by molar-refractivity contribution is 5.75. The van der Waals surface area contributed by atoms with Crippen molar-refractivity contribution in [2.75, 3.05) is 13.2 Å². The number of carbonyl (C=O) groups excluding carboxylic acids is 1. The average molecular weight is 262 g/mol. The molecule has 8 heteroatoms. The van der Waals surface area contributed by atoms with Crippen molar-refractivity contribution in [3.63, 3.8) is 0 Å². The van der Waals surface area contributed by atoms with E-state index in [1.54, 1.807) is 0 Å². The van der Waals surface area contributed by atoms with Crippen molar-refractivity contribution in [1.29, 1.82) is 5.41 Å². The van der Waals surface area contributed by atoms with Gasteiger partial charge < -0.3 is 31.7 Å². The van der Waals surface area contributed by atoms with E-state index in [1.807, 2.05) is 0 Å². The zero-order chi connectivity index (χ0) is 14.1. The summed E-state index contributed by atoms with van der Waals surface area (Å²) in [6, 6.07) is -0.827. The van der Waals surface area contributed by atoms with Gasteiger partial charge in [-0.2, -0.15) is 0 Å². The summed E-state index contributed by atoms with van der Waals surface area (Å²) in [6.07, 6.45) is -1.00. The molecule has 106 valence electrons. The summed E-state index contributed by atoms with van der Waals surface area (Å²) in [5.41, 5.74) is 10.7. The Hall–Kier alpha value is -1.38. The van der Waals surface area contributed by atoms with Gasteiger partial charge in [-0.3, -0.25) is 10.2 Å². The molecule has 0 spiro atoms. The van der Waals surface area contributed by atoms with Crippen LogP contribution >= 0.6 is 0 Å². The fraction of sp³-hybridized carbons (Fsp3) is 0.800. The third-order valence-electron chi connectivity index (χ3n) is 2.30. The van der Waals surface area contributed by atoms with Crippen molar-refractivity contribution in [2.45, 2.75) is 38.0 Å². The molecule has 0 saturated heterocycles. The Kier molecular flexibility index (Phi) is 8.01. The lowest BCUT2D eigenvalue weighted by Crippen LogP contribution is -2.40. The first kappa shape index (κ1) is 16.6. The molecular weight excluding hydrogens is 240 g/mol. The molecule has 0 aromatic rings. The topological polar surface area (TPSA) is 155 Å². The Balaban J connectivity index is 3.91. The SMILES string of the molecule is CC(O)C(CO)OC(=O)C(N)CCCNC(=N)N. The minimum atomic E-state index is -0.959. The number of carbonyl (C=O) groups is 1. The molecule has 0 heterocycles. The van der Waals surface area contributed by atoms with Crippen LogP contribution in [-0.2, 0) is 9.53 Å². The summed E-state index contributed by atoms with van der Waals surface area (Å²) in [5, 5.41) is 27.6. The number of hydrogen-bond donors (Lipinski definition) is 6. The molecule has 0 saturated carbocycles. The van der Waals surface area contributed by atoms with Gasteiger partial charge in [-0.15, -0.1) is 0 Å². The Bertz CT molecular complexity index is 273. The van der Waals surface area contributed by atoms with Crippen molar-refractivity contribution in [1.82, 2.24) is 5.32 Å². The van der Waals surface area contributed by atoms with E-state index in [4.69, 9.17) is 26.7 Å². The Morgan fingerprint density at radius 2 is 2.17 bits per heavy atom. The van der Waals surface area contributed by atoms with Crippen LogP contribution in [0.1, 0.15) is 19.8 Å². The summed E-state index contributed by atoms with van der Waals surface area (Å²) in [6.45, 7) is 1.40. The van der Waals surface area contributed by atoms with Gasteiger partial charge in [0.15, 0.2) is 12.1 Å². The second kappa shape index (κ2) is 8.67. The number of nitrogens with two attached hydrogens (primary N) is 2. The highest BCUT2D eigenvalue weighted by Gasteiger charge is 2.22. The lowest BCUT2D eigenvalue weighted by atomic mass is 10.1. The highest BCUT2D eigenvalue weighted by atomic mass is 16.6. The van der Waals surface area contributed by atoms with Crippen molar-refractivity contribution >= 4 is 11.9 Å². The molecule has 18 heavy (non-hydrogen) atoms. The number of esters is 1. The first-order valence-electron chi connectivity index (χ1n) is 5.71. The van der Waals surface area contributed by atoms with Gasteiger partial charge in [0, 0.05) is 6.54 Å². The summed E-state index contributed by atoms with van der Waals surface area (Å²) in [4.78, 5) is 11.5. The molecule has 0 aliphatic carbocycles. The number of nitrogens with one attached hydrogen (secondary N) is 2. The molecule has 3 unspecified atom stereocenters. The van der Waals surface area contributed by atoms with Crippen LogP contribution in [0.2, 0.25) is 0 Å². The van der Waals surface area contributed by atoms with Crippen molar-refractivity contribution in [2.24, 2.45) is 11.5 Å². The molecule has 8 nitrogen and oxygen atoms in total. The lowest BCUT2D eigenvalue weighted by molar-refractivity contribution is -0.159. The van der Waals surface area contributed by atoms with Crippen LogP contribution in [0.5, 0.6) is 0 Å².